The zero-order chi connectivity index (χ0) is 21.6. The van der Waals surface area contributed by atoms with Gasteiger partial charge in [-0.1, -0.05) is 48.1 Å². The minimum Gasteiger partial charge on any atom is -0.506 e. The second kappa shape index (κ2) is 10.4. The van der Waals surface area contributed by atoms with E-state index in [1.54, 1.807) is 6.07 Å². The molecule has 2 aromatic carbocycles. The molecule has 1 aliphatic heterocycles. The first-order valence-corrected chi connectivity index (χ1v) is 12.0. The van der Waals surface area contributed by atoms with Crippen molar-refractivity contribution in [2.75, 3.05) is 26.2 Å². The van der Waals surface area contributed by atoms with E-state index in [-0.39, 0.29) is 10.6 Å². The molecular weight excluding hydrogens is 410 g/mol. The van der Waals surface area contributed by atoms with Crippen LogP contribution in [0, 0.1) is 0 Å². The fourth-order valence-corrected chi connectivity index (χ4v) is 5.23. The number of nitrogens with zero attached hydrogens (tertiary/aromatic N) is 1. The lowest BCUT2D eigenvalue weighted by atomic mass is 10.1. The maximum absolute atomic E-state index is 11.6. The molecule has 166 valence electrons. The summed E-state index contributed by atoms with van der Waals surface area (Å²) in [6.07, 6.45) is 4.80. The predicted octanol–water partition coefficient (Wildman–Crippen LogP) is 3.54. The van der Waals surface area contributed by atoms with E-state index in [4.69, 9.17) is 0 Å². The topological polar surface area (TPSA) is 88.6 Å². The summed E-state index contributed by atoms with van der Waals surface area (Å²) in [5.74, 6) is 0.0324. The van der Waals surface area contributed by atoms with Gasteiger partial charge in [0.1, 0.15) is 11.3 Å². The number of thiazole rings is 1. The van der Waals surface area contributed by atoms with Crippen molar-refractivity contribution >= 4 is 21.6 Å². The highest BCUT2D eigenvalue weighted by Crippen LogP contribution is 2.32. The van der Waals surface area contributed by atoms with E-state index in [9.17, 15) is 15.0 Å². The van der Waals surface area contributed by atoms with Crippen LogP contribution in [-0.4, -0.2) is 46.3 Å². The first kappa shape index (κ1) is 22.0. The zero-order valence-corrected chi connectivity index (χ0v) is 18.6. The fourth-order valence-electron chi connectivity index (χ4n) is 4.31. The summed E-state index contributed by atoms with van der Waals surface area (Å²) in [6, 6.07) is 12.1. The number of piperidine rings is 1. The van der Waals surface area contributed by atoms with Gasteiger partial charge < -0.3 is 20.5 Å². The standard InChI is InChI=1S/C24H31N3O3S/c28-20(19-7-8-21(29)22-23(19)31-24(30)26-22)10-12-25-11-9-17-5-4-6-18(15-17)16-27-13-2-1-3-14-27/h4-8,15,20,25,28-29H,1-3,9-14,16H2,(H,26,30). The van der Waals surface area contributed by atoms with Gasteiger partial charge in [0.15, 0.2) is 0 Å². The SMILES string of the molecule is O=c1[nH]c2c(O)ccc(C(O)CCNCCc3cccc(CN4CCCCC4)c3)c2s1. The van der Waals surface area contributed by atoms with Crippen LogP contribution in [0.5, 0.6) is 5.75 Å². The number of aromatic hydroxyl groups is 1. The van der Waals surface area contributed by atoms with Crippen LogP contribution in [0.4, 0.5) is 0 Å². The summed E-state index contributed by atoms with van der Waals surface area (Å²) < 4.78 is 0.628. The van der Waals surface area contributed by atoms with Crippen molar-refractivity contribution in [3.8, 4) is 5.75 Å². The van der Waals surface area contributed by atoms with Crippen molar-refractivity contribution in [1.29, 1.82) is 0 Å². The van der Waals surface area contributed by atoms with Crippen LogP contribution in [0.1, 0.15) is 48.5 Å². The van der Waals surface area contributed by atoms with Crippen LogP contribution in [0.2, 0.25) is 0 Å². The van der Waals surface area contributed by atoms with Gasteiger partial charge in [0.25, 0.3) is 0 Å². The molecule has 0 spiro atoms. The Kier molecular flexibility index (Phi) is 7.40. The first-order chi connectivity index (χ1) is 15.1. The molecule has 0 aliphatic carbocycles. The Balaban J connectivity index is 1.24. The van der Waals surface area contributed by atoms with E-state index in [1.807, 2.05) is 0 Å². The molecule has 0 bridgehead atoms. The summed E-state index contributed by atoms with van der Waals surface area (Å²) in [7, 11) is 0. The number of benzene rings is 2. The van der Waals surface area contributed by atoms with Gasteiger partial charge in [-0.2, -0.15) is 0 Å². The van der Waals surface area contributed by atoms with Crippen LogP contribution in [-0.2, 0) is 13.0 Å². The van der Waals surface area contributed by atoms with Gasteiger partial charge in [0, 0.05) is 12.1 Å². The van der Waals surface area contributed by atoms with Crippen molar-refractivity contribution in [1.82, 2.24) is 15.2 Å². The van der Waals surface area contributed by atoms with Crippen molar-refractivity contribution in [3.63, 3.8) is 0 Å². The summed E-state index contributed by atoms with van der Waals surface area (Å²) in [6.45, 7) is 4.99. The van der Waals surface area contributed by atoms with Gasteiger partial charge in [0.05, 0.1) is 10.8 Å². The molecule has 0 saturated carbocycles. The lowest BCUT2D eigenvalue weighted by Gasteiger charge is -2.26. The number of aromatic nitrogens is 1. The fraction of sp³-hybridized carbons (Fsp3) is 0.458. The average Bonchev–Trinajstić information content (AvgIpc) is 3.17. The number of rotatable bonds is 9. The molecular formula is C24H31N3O3S. The molecule has 1 saturated heterocycles. The van der Waals surface area contributed by atoms with Crippen LogP contribution < -0.4 is 10.2 Å². The lowest BCUT2D eigenvalue weighted by Crippen LogP contribution is -2.29. The van der Waals surface area contributed by atoms with E-state index in [0.29, 0.717) is 28.7 Å². The molecule has 7 heteroatoms. The lowest BCUT2D eigenvalue weighted by molar-refractivity contribution is 0.168. The van der Waals surface area contributed by atoms with Gasteiger partial charge >= 0.3 is 4.87 Å². The number of aliphatic hydroxyl groups excluding tert-OH is 1. The highest BCUT2D eigenvalue weighted by atomic mass is 32.1. The van der Waals surface area contributed by atoms with Gasteiger partial charge in [-0.15, -0.1) is 0 Å². The molecule has 1 aromatic heterocycles. The van der Waals surface area contributed by atoms with E-state index >= 15 is 0 Å². The molecule has 0 amide bonds. The third kappa shape index (κ3) is 5.74. The smallest absolute Gasteiger partial charge is 0.305 e. The number of phenols is 1. The third-order valence-electron chi connectivity index (χ3n) is 5.98. The number of hydrogen-bond acceptors (Lipinski definition) is 6. The quantitative estimate of drug-likeness (QED) is 0.382. The molecule has 6 nitrogen and oxygen atoms in total. The number of hydrogen-bond donors (Lipinski definition) is 4. The summed E-state index contributed by atoms with van der Waals surface area (Å²) in [5.41, 5.74) is 3.81. The minimum atomic E-state index is -0.685. The average molecular weight is 442 g/mol. The molecule has 4 N–H and O–H groups in total. The maximum Gasteiger partial charge on any atom is 0.305 e. The number of phenolic OH excluding ortho intramolecular Hbond substituents is 1. The number of aliphatic hydroxyl groups is 1. The molecule has 1 unspecified atom stereocenters. The zero-order valence-electron chi connectivity index (χ0n) is 17.8. The number of nitrogens with one attached hydrogen (secondary N) is 2. The Morgan fingerprint density at radius 3 is 2.74 bits per heavy atom. The van der Waals surface area contributed by atoms with Crippen LogP contribution in [0.15, 0.2) is 41.2 Å². The molecule has 4 rings (SSSR count). The Hall–Kier alpha value is -2.19. The highest BCUT2D eigenvalue weighted by molar-refractivity contribution is 7.16. The Labute approximate surface area is 186 Å². The van der Waals surface area contributed by atoms with Crippen LogP contribution in [0.3, 0.4) is 0 Å². The number of fused-ring (bicyclic) bond motifs is 1. The molecule has 3 aromatic rings. The predicted molar refractivity (Wildman–Crippen MR) is 126 cm³/mol. The van der Waals surface area contributed by atoms with E-state index < -0.39 is 6.10 Å². The Morgan fingerprint density at radius 2 is 1.90 bits per heavy atom. The molecule has 31 heavy (non-hydrogen) atoms. The largest absolute Gasteiger partial charge is 0.506 e. The van der Waals surface area contributed by atoms with Gasteiger partial charge in [-0.05, 0) is 69.1 Å². The van der Waals surface area contributed by atoms with Gasteiger partial charge in [0.2, 0.25) is 0 Å². The Morgan fingerprint density at radius 1 is 1.10 bits per heavy atom. The van der Waals surface area contributed by atoms with Gasteiger partial charge in [-0.25, -0.2) is 0 Å². The minimum absolute atomic E-state index is 0.0324. The van der Waals surface area contributed by atoms with E-state index in [2.05, 4.69) is 39.5 Å². The summed E-state index contributed by atoms with van der Waals surface area (Å²) in [4.78, 5) is 16.6. The number of H-pyrrole nitrogens is 1. The van der Waals surface area contributed by atoms with Gasteiger partial charge in [-0.3, -0.25) is 9.69 Å². The van der Waals surface area contributed by atoms with E-state index in [1.165, 1.54) is 49.5 Å². The number of aromatic amines is 1. The molecule has 1 fully saturated rings. The summed E-state index contributed by atoms with van der Waals surface area (Å²) in [5, 5.41) is 23.9. The Bertz CT molecular complexity index is 1060. The third-order valence-corrected chi connectivity index (χ3v) is 6.91. The normalized spacial score (nSPS) is 16.0. The van der Waals surface area contributed by atoms with E-state index in [0.717, 1.165) is 30.8 Å². The highest BCUT2D eigenvalue weighted by Gasteiger charge is 2.16. The molecule has 1 aliphatic rings. The summed E-state index contributed by atoms with van der Waals surface area (Å²) >= 11 is 1.02. The molecule has 0 radical (unpaired) electrons. The second-order valence-corrected chi connectivity index (χ2v) is 9.34. The molecule has 1 atom stereocenters. The van der Waals surface area contributed by atoms with Crippen LogP contribution in [0.25, 0.3) is 10.2 Å². The van der Waals surface area contributed by atoms with Crippen LogP contribution >= 0.6 is 11.3 Å². The number of likely N-dealkylation sites (tertiary alicyclic amines) is 1. The van der Waals surface area contributed by atoms with Crippen molar-refractivity contribution in [2.45, 2.75) is 44.8 Å². The second-order valence-electron chi connectivity index (χ2n) is 8.35. The molecule has 2 heterocycles. The first-order valence-electron chi connectivity index (χ1n) is 11.1. The van der Waals surface area contributed by atoms with Crippen molar-refractivity contribution < 1.29 is 10.2 Å². The van der Waals surface area contributed by atoms with Crippen molar-refractivity contribution in [2.24, 2.45) is 0 Å². The monoisotopic (exact) mass is 441 g/mol. The van der Waals surface area contributed by atoms with Crippen molar-refractivity contribution in [3.05, 3.63) is 62.8 Å². The maximum atomic E-state index is 11.6.